The lowest BCUT2D eigenvalue weighted by atomic mass is 10.4. The second-order valence-electron chi connectivity index (χ2n) is 3.42. The fourth-order valence-corrected chi connectivity index (χ4v) is 1.75. The van der Waals surface area contributed by atoms with Crippen LogP contribution in [0.15, 0.2) is 17.3 Å². The van der Waals surface area contributed by atoms with Gasteiger partial charge in [-0.05, 0) is 19.5 Å². The lowest BCUT2D eigenvalue weighted by molar-refractivity contribution is 0.549. The van der Waals surface area contributed by atoms with E-state index < -0.39 is 9.84 Å². The molecule has 0 atom stereocenters. The topological polar surface area (TPSA) is 64.0 Å². The van der Waals surface area contributed by atoms with E-state index in [0.29, 0.717) is 0 Å². The minimum absolute atomic E-state index is 0.283. The van der Waals surface area contributed by atoms with Crippen LogP contribution >= 0.6 is 0 Å². The van der Waals surface area contributed by atoms with Gasteiger partial charge in [0.25, 0.3) is 0 Å². The van der Waals surface area contributed by atoms with Gasteiger partial charge in [-0.2, -0.15) is 5.10 Å². The van der Waals surface area contributed by atoms with Crippen molar-refractivity contribution in [2.75, 3.05) is 19.3 Å². The van der Waals surface area contributed by atoms with Crippen molar-refractivity contribution in [3.8, 4) is 0 Å². The highest BCUT2D eigenvalue weighted by Gasteiger charge is 2.09. The third-order valence-corrected chi connectivity index (χ3v) is 3.10. The summed E-state index contributed by atoms with van der Waals surface area (Å²) < 4.78 is 24.0. The molecule has 1 aromatic rings. The van der Waals surface area contributed by atoms with Gasteiger partial charge in [0, 0.05) is 19.0 Å². The van der Waals surface area contributed by atoms with Gasteiger partial charge in [0.05, 0.1) is 6.20 Å². The fraction of sp³-hybridized carbons (Fsp3) is 0.667. The lowest BCUT2D eigenvalue weighted by Gasteiger charge is -2.01. The molecule has 0 fully saturated rings. The van der Waals surface area contributed by atoms with E-state index >= 15 is 0 Å². The van der Waals surface area contributed by atoms with Gasteiger partial charge in [0.2, 0.25) is 0 Å². The number of nitrogens with zero attached hydrogens (tertiary/aromatic N) is 2. The van der Waals surface area contributed by atoms with Crippen molar-refractivity contribution in [3.05, 3.63) is 12.4 Å². The first kappa shape index (κ1) is 12.2. The first-order valence-electron chi connectivity index (χ1n) is 4.97. The van der Waals surface area contributed by atoms with E-state index in [4.69, 9.17) is 0 Å². The van der Waals surface area contributed by atoms with Crippen LogP contribution in [0, 0.1) is 0 Å². The number of hydrogen-bond donors (Lipinski definition) is 1. The second kappa shape index (κ2) is 5.27. The molecule has 1 aromatic heterocycles. The zero-order chi connectivity index (χ0) is 11.3. The average molecular weight is 231 g/mol. The van der Waals surface area contributed by atoms with Gasteiger partial charge in [0.15, 0.2) is 9.84 Å². The van der Waals surface area contributed by atoms with Gasteiger partial charge in [-0.3, -0.25) is 4.68 Å². The van der Waals surface area contributed by atoms with Crippen LogP contribution in [-0.4, -0.2) is 37.5 Å². The molecule has 15 heavy (non-hydrogen) atoms. The van der Waals surface area contributed by atoms with Gasteiger partial charge in [-0.15, -0.1) is 0 Å². The smallest absolute Gasteiger partial charge is 0.178 e. The Morgan fingerprint density at radius 1 is 1.53 bits per heavy atom. The van der Waals surface area contributed by atoms with E-state index in [0.717, 1.165) is 26.1 Å². The molecule has 1 N–H and O–H groups in total. The molecule has 0 aliphatic carbocycles. The molecule has 0 aliphatic heterocycles. The van der Waals surface area contributed by atoms with E-state index in [9.17, 15) is 8.42 Å². The van der Waals surface area contributed by atoms with Crippen molar-refractivity contribution in [2.24, 2.45) is 0 Å². The summed E-state index contributed by atoms with van der Waals surface area (Å²) in [6.45, 7) is 4.66. The second-order valence-corrected chi connectivity index (χ2v) is 5.43. The van der Waals surface area contributed by atoms with Crippen molar-refractivity contribution in [3.63, 3.8) is 0 Å². The summed E-state index contributed by atoms with van der Waals surface area (Å²) >= 11 is 0. The van der Waals surface area contributed by atoms with Crippen LogP contribution in [0.4, 0.5) is 0 Å². The molecule has 0 amide bonds. The van der Waals surface area contributed by atoms with E-state index in [1.54, 1.807) is 10.9 Å². The Balaban J connectivity index is 2.47. The van der Waals surface area contributed by atoms with Crippen LogP contribution in [0.3, 0.4) is 0 Å². The fourth-order valence-electron chi connectivity index (χ4n) is 1.20. The molecule has 0 saturated heterocycles. The molecule has 1 heterocycles. The largest absolute Gasteiger partial charge is 0.317 e. The standard InChI is InChI=1S/C9H17N3O2S/c1-3-10-5-4-6-12-8-9(7-11-12)15(2,13)14/h7-8,10H,3-6H2,1-2H3. The quantitative estimate of drug-likeness (QED) is 0.715. The molecule has 0 radical (unpaired) electrons. The molecule has 86 valence electrons. The summed E-state index contributed by atoms with van der Waals surface area (Å²) in [4.78, 5) is 0.283. The lowest BCUT2D eigenvalue weighted by Crippen LogP contribution is -2.16. The highest BCUT2D eigenvalue weighted by molar-refractivity contribution is 7.90. The average Bonchev–Trinajstić information content (AvgIpc) is 2.60. The SMILES string of the molecule is CCNCCCn1cc(S(C)(=O)=O)cn1. The highest BCUT2D eigenvalue weighted by atomic mass is 32.2. The monoisotopic (exact) mass is 231 g/mol. The number of sulfone groups is 1. The summed E-state index contributed by atoms with van der Waals surface area (Å²) in [6, 6.07) is 0. The Labute approximate surface area is 90.4 Å². The first-order valence-corrected chi connectivity index (χ1v) is 6.86. The molecule has 1 rings (SSSR count). The molecular formula is C9H17N3O2S. The van der Waals surface area contributed by atoms with Crippen molar-refractivity contribution in [1.29, 1.82) is 0 Å². The summed E-state index contributed by atoms with van der Waals surface area (Å²) in [5.41, 5.74) is 0. The Morgan fingerprint density at radius 3 is 2.80 bits per heavy atom. The summed E-state index contributed by atoms with van der Waals surface area (Å²) in [5, 5.41) is 7.19. The van der Waals surface area contributed by atoms with Crippen LogP contribution in [-0.2, 0) is 16.4 Å². The Bertz CT molecular complexity index is 397. The van der Waals surface area contributed by atoms with Crippen LogP contribution in [0.1, 0.15) is 13.3 Å². The van der Waals surface area contributed by atoms with Crippen molar-refractivity contribution in [1.82, 2.24) is 15.1 Å². The molecule has 0 aromatic carbocycles. The Kier molecular flexibility index (Phi) is 4.28. The third-order valence-electron chi connectivity index (χ3n) is 2.03. The minimum atomic E-state index is -3.12. The molecule has 0 bridgehead atoms. The number of hydrogen-bond acceptors (Lipinski definition) is 4. The normalized spacial score (nSPS) is 11.9. The third kappa shape index (κ3) is 4.01. The Morgan fingerprint density at radius 2 is 2.27 bits per heavy atom. The summed E-state index contributed by atoms with van der Waals surface area (Å²) in [7, 11) is -3.12. The summed E-state index contributed by atoms with van der Waals surface area (Å²) in [5.74, 6) is 0. The van der Waals surface area contributed by atoms with Gasteiger partial charge < -0.3 is 5.32 Å². The van der Waals surface area contributed by atoms with E-state index in [-0.39, 0.29) is 4.90 Å². The van der Waals surface area contributed by atoms with Crippen LogP contribution < -0.4 is 5.32 Å². The van der Waals surface area contributed by atoms with Gasteiger partial charge in [-0.1, -0.05) is 6.92 Å². The van der Waals surface area contributed by atoms with Gasteiger partial charge >= 0.3 is 0 Å². The number of nitrogens with one attached hydrogen (secondary N) is 1. The van der Waals surface area contributed by atoms with E-state index in [1.165, 1.54) is 12.5 Å². The number of aryl methyl sites for hydroxylation is 1. The predicted molar refractivity (Wildman–Crippen MR) is 58.5 cm³/mol. The molecule has 5 nitrogen and oxygen atoms in total. The molecule has 0 aliphatic rings. The highest BCUT2D eigenvalue weighted by Crippen LogP contribution is 2.06. The van der Waals surface area contributed by atoms with Crippen molar-refractivity contribution < 1.29 is 8.42 Å². The van der Waals surface area contributed by atoms with Crippen molar-refractivity contribution in [2.45, 2.75) is 24.8 Å². The van der Waals surface area contributed by atoms with E-state index in [1.807, 2.05) is 0 Å². The van der Waals surface area contributed by atoms with Crippen LogP contribution in [0.2, 0.25) is 0 Å². The maximum atomic E-state index is 11.2. The maximum Gasteiger partial charge on any atom is 0.178 e. The molecule has 6 heteroatoms. The van der Waals surface area contributed by atoms with Crippen LogP contribution in [0.5, 0.6) is 0 Å². The number of rotatable bonds is 6. The number of aromatic nitrogens is 2. The van der Waals surface area contributed by atoms with Crippen molar-refractivity contribution >= 4 is 9.84 Å². The zero-order valence-corrected chi connectivity index (χ0v) is 9.92. The van der Waals surface area contributed by atoms with Gasteiger partial charge in [-0.25, -0.2) is 8.42 Å². The van der Waals surface area contributed by atoms with E-state index in [2.05, 4.69) is 17.3 Å². The molecule has 0 unspecified atom stereocenters. The molecule has 0 saturated carbocycles. The van der Waals surface area contributed by atoms with Crippen LogP contribution in [0.25, 0.3) is 0 Å². The Hall–Kier alpha value is -0.880. The molecule has 0 spiro atoms. The predicted octanol–water partition coefficient (Wildman–Crippen LogP) is 0.286. The summed E-state index contributed by atoms with van der Waals surface area (Å²) in [6.07, 6.45) is 5.09. The molecular weight excluding hydrogens is 214 g/mol. The van der Waals surface area contributed by atoms with Gasteiger partial charge in [0.1, 0.15) is 4.90 Å². The minimum Gasteiger partial charge on any atom is -0.317 e. The zero-order valence-electron chi connectivity index (χ0n) is 9.10. The maximum absolute atomic E-state index is 11.2. The first-order chi connectivity index (χ1) is 7.04.